The van der Waals surface area contributed by atoms with Gasteiger partial charge in [-0.05, 0) is 12.1 Å². The zero-order chi connectivity index (χ0) is 14.8. The number of methoxy groups -OCH3 is 2. The van der Waals surface area contributed by atoms with Gasteiger partial charge in [0, 0.05) is 0 Å². The highest BCUT2D eigenvalue weighted by Gasteiger charge is 2.16. The maximum Gasteiger partial charge on any atom is 0.235 e. The van der Waals surface area contributed by atoms with E-state index < -0.39 is 0 Å². The first-order valence-corrected chi connectivity index (χ1v) is 6.08. The summed E-state index contributed by atoms with van der Waals surface area (Å²) in [7, 11) is 3.09. The van der Waals surface area contributed by atoms with E-state index in [9.17, 15) is 0 Å². The van der Waals surface area contributed by atoms with Crippen LogP contribution < -0.4 is 19.9 Å². The summed E-state index contributed by atoms with van der Waals surface area (Å²) in [6, 6.07) is 5.32. The number of anilines is 1. The first-order chi connectivity index (χ1) is 10.2. The molecule has 2 heterocycles. The summed E-state index contributed by atoms with van der Waals surface area (Å²) in [6.45, 7) is 0. The van der Waals surface area contributed by atoms with Crippen LogP contribution in [-0.4, -0.2) is 34.4 Å². The number of para-hydroxylation sites is 1. The number of fused-ring (bicyclic) bond motifs is 1. The Hall–Kier alpha value is -3.03. The van der Waals surface area contributed by atoms with Crippen LogP contribution in [0.15, 0.2) is 24.4 Å². The maximum atomic E-state index is 5.83. The molecule has 8 nitrogen and oxygen atoms in total. The first-order valence-electron chi connectivity index (χ1n) is 6.08. The van der Waals surface area contributed by atoms with Gasteiger partial charge in [0.15, 0.2) is 17.1 Å². The van der Waals surface area contributed by atoms with Crippen molar-refractivity contribution < 1.29 is 14.2 Å². The molecule has 8 heteroatoms. The van der Waals surface area contributed by atoms with E-state index in [1.807, 2.05) is 0 Å². The van der Waals surface area contributed by atoms with Crippen LogP contribution in [0.2, 0.25) is 0 Å². The van der Waals surface area contributed by atoms with Gasteiger partial charge in [0.05, 0.1) is 20.4 Å². The SMILES string of the molecule is COc1cccc(OC)c1Oc1nc(N)nc2[nH]ncc12. The van der Waals surface area contributed by atoms with Crippen LogP contribution in [0.1, 0.15) is 0 Å². The highest BCUT2D eigenvalue weighted by molar-refractivity contribution is 5.81. The second-order valence-corrected chi connectivity index (χ2v) is 4.11. The second kappa shape index (κ2) is 5.16. The van der Waals surface area contributed by atoms with Crippen LogP contribution in [0, 0.1) is 0 Å². The fourth-order valence-corrected chi connectivity index (χ4v) is 1.92. The second-order valence-electron chi connectivity index (χ2n) is 4.11. The number of nitrogens with two attached hydrogens (primary N) is 1. The molecule has 0 aliphatic heterocycles. The van der Waals surface area contributed by atoms with E-state index in [1.54, 1.807) is 38.6 Å². The number of rotatable bonds is 4. The predicted molar refractivity (Wildman–Crippen MR) is 75.7 cm³/mol. The van der Waals surface area contributed by atoms with Crippen molar-refractivity contribution in [1.29, 1.82) is 0 Å². The molecule has 0 saturated carbocycles. The van der Waals surface area contributed by atoms with Gasteiger partial charge in [0.2, 0.25) is 17.6 Å². The largest absolute Gasteiger partial charge is 0.493 e. The van der Waals surface area contributed by atoms with Gasteiger partial charge in [-0.1, -0.05) is 6.07 Å². The van der Waals surface area contributed by atoms with Crippen molar-refractivity contribution in [2.75, 3.05) is 20.0 Å². The smallest absolute Gasteiger partial charge is 0.235 e. The average molecular weight is 287 g/mol. The Morgan fingerprint density at radius 3 is 2.48 bits per heavy atom. The van der Waals surface area contributed by atoms with E-state index in [4.69, 9.17) is 19.9 Å². The van der Waals surface area contributed by atoms with Crippen molar-refractivity contribution in [3.05, 3.63) is 24.4 Å². The Morgan fingerprint density at radius 2 is 1.81 bits per heavy atom. The molecule has 0 aliphatic rings. The summed E-state index contributed by atoms with van der Waals surface area (Å²) in [5.41, 5.74) is 6.16. The van der Waals surface area contributed by atoms with Gasteiger partial charge in [0.1, 0.15) is 5.39 Å². The number of ether oxygens (including phenoxy) is 3. The van der Waals surface area contributed by atoms with Gasteiger partial charge in [-0.3, -0.25) is 5.10 Å². The molecule has 0 unspecified atom stereocenters. The molecule has 0 fully saturated rings. The molecule has 1 aromatic carbocycles. The van der Waals surface area contributed by atoms with Crippen molar-refractivity contribution in [1.82, 2.24) is 20.2 Å². The summed E-state index contributed by atoms with van der Waals surface area (Å²) in [5, 5.41) is 7.23. The van der Waals surface area contributed by atoms with Crippen LogP contribution in [0.3, 0.4) is 0 Å². The minimum Gasteiger partial charge on any atom is -0.493 e. The van der Waals surface area contributed by atoms with Crippen LogP contribution >= 0.6 is 0 Å². The van der Waals surface area contributed by atoms with Crippen LogP contribution in [-0.2, 0) is 0 Å². The Balaban J connectivity index is 2.12. The van der Waals surface area contributed by atoms with Gasteiger partial charge < -0.3 is 19.9 Å². The molecule has 0 atom stereocenters. The van der Waals surface area contributed by atoms with E-state index in [2.05, 4.69) is 20.2 Å². The molecule has 108 valence electrons. The molecular formula is C13H13N5O3. The molecule has 0 spiro atoms. The molecule has 3 N–H and O–H groups in total. The standard InChI is InChI=1S/C13H13N5O3/c1-19-8-4-3-5-9(20-2)10(8)21-12-7-6-15-18-11(7)16-13(14)17-12/h3-6H,1-2H3,(H3,14,15,16,17,18). The normalized spacial score (nSPS) is 10.6. The van der Waals surface area contributed by atoms with Gasteiger partial charge in [0.25, 0.3) is 0 Å². The quantitative estimate of drug-likeness (QED) is 0.752. The summed E-state index contributed by atoms with van der Waals surface area (Å²) in [4.78, 5) is 8.12. The molecule has 21 heavy (non-hydrogen) atoms. The number of aromatic nitrogens is 4. The zero-order valence-corrected chi connectivity index (χ0v) is 11.5. The third kappa shape index (κ3) is 2.27. The Bertz CT molecular complexity index is 764. The lowest BCUT2D eigenvalue weighted by atomic mass is 10.3. The molecule has 0 saturated heterocycles. The summed E-state index contributed by atoms with van der Waals surface area (Å²) in [6.07, 6.45) is 1.56. The highest BCUT2D eigenvalue weighted by Crippen LogP contribution is 2.40. The lowest BCUT2D eigenvalue weighted by Crippen LogP contribution is -2.00. The van der Waals surface area contributed by atoms with Gasteiger partial charge >= 0.3 is 0 Å². The lowest BCUT2D eigenvalue weighted by molar-refractivity contribution is 0.343. The topological polar surface area (TPSA) is 108 Å². The van der Waals surface area contributed by atoms with Crippen molar-refractivity contribution in [3.8, 4) is 23.1 Å². The molecule has 0 radical (unpaired) electrons. The molecule has 3 aromatic rings. The molecular weight excluding hydrogens is 274 g/mol. The Labute approximate surface area is 119 Å². The number of hydrogen-bond acceptors (Lipinski definition) is 7. The Kier molecular flexibility index (Phi) is 3.19. The van der Waals surface area contributed by atoms with E-state index in [1.165, 1.54) is 0 Å². The number of H-pyrrole nitrogens is 1. The summed E-state index contributed by atoms with van der Waals surface area (Å²) >= 11 is 0. The van der Waals surface area contributed by atoms with Crippen molar-refractivity contribution in [2.45, 2.75) is 0 Å². The number of hydrogen-bond donors (Lipinski definition) is 2. The summed E-state index contributed by atoms with van der Waals surface area (Å²) in [5.74, 6) is 1.79. The number of nitrogen functional groups attached to an aromatic ring is 1. The fourth-order valence-electron chi connectivity index (χ4n) is 1.92. The third-order valence-electron chi connectivity index (χ3n) is 2.87. The number of nitrogens with zero attached hydrogens (tertiary/aromatic N) is 3. The number of aromatic amines is 1. The Morgan fingerprint density at radius 1 is 1.10 bits per heavy atom. The lowest BCUT2D eigenvalue weighted by Gasteiger charge is -2.13. The molecule has 0 bridgehead atoms. The van der Waals surface area contributed by atoms with Crippen molar-refractivity contribution >= 4 is 17.0 Å². The predicted octanol–water partition coefficient (Wildman–Crippen LogP) is 1.74. The zero-order valence-electron chi connectivity index (χ0n) is 11.5. The molecule has 0 amide bonds. The fraction of sp³-hybridized carbons (Fsp3) is 0.154. The monoisotopic (exact) mass is 287 g/mol. The van der Waals surface area contributed by atoms with Crippen LogP contribution in [0.25, 0.3) is 11.0 Å². The minimum absolute atomic E-state index is 0.0793. The van der Waals surface area contributed by atoms with Gasteiger partial charge in [-0.25, -0.2) is 0 Å². The van der Waals surface area contributed by atoms with Gasteiger partial charge in [-0.15, -0.1) is 0 Å². The average Bonchev–Trinajstić information content (AvgIpc) is 2.95. The molecule has 0 aliphatic carbocycles. The van der Waals surface area contributed by atoms with E-state index in [0.29, 0.717) is 28.3 Å². The molecule has 3 rings (SSSR count). The van der Waals surface area contributed by atoms with Crippen molar-refractivity contribution in [3.63, 3.8) is 0 Å². The minimum atomic E-state index is 0.0793. The van der Waals surface area contributed by atoms with Gasteiger partial charge in [-0.2, -0.15) is 15.1 Å². The van der Waals surface area contributed by atoms with E-state index in [-0.39, 0.29) is 11.8 Å². The van der Waals surface area contributed by atoms with Crippen molar-refractivity contribution in [2.24, 2.45) is 0 Å². The van der Waals surface area contributed by atoms with E-state index >= 15 is 0 Å². The van der Waals surface area contributed by atoms with Crippen LogP contribution in [0.4, 0.5) is 5.95 Å². The first kappa shape index (κ1) is 13.0. The molecule has 2 aromatic heterocycles. The highest BCUT2D eigenvalue weighted by atomic mass is 16.5. The van der Waals surface area contributed by atoms with Crippen LogP contribution in [0.5, 0.6) is 23.1 Å². The summed E-state index contributed by atoms with van der Waals surface area (Å²) < 4.78 is 16.4. The number of nitrogens with one attached hydrogen (secondary N) is 1. The van der Waals surface area contributed by atoms with E-state index in [0.717, 1.165) is 0 Å². The third-order valence-corrected chi connectivity index (χ3v) is 2.87. The maximum absolute atomic E-state index is 5.83. The number of benzene rings is 1.